The van der Waals surface area contributed by atoms with Crippen molar-refractivity contribution < 1.29 is 19.0 Å². The molecular weight excluding hydrogens is 330 g/mol. The molecule has 26 heavy (non-hydrogen) atoms. The van der Waals surface area contributed by atoms with E-state index in [0.717, 1.165) is 29.9 Å². The molecule has 5 nitrogen and oxygen atoms in total. The van der Waals surface area contributed by atoms with Gasteiger partial charge < -0.3 is 19.1 Å². The van der Waals surface area contributed by atoms with Crippen molar-refractivity contribution in [2.45, 2.75) is 38.3 Å². The Morgan fingerprint density at radius 2 is 1.88 bits per heavy atom. The second kappa shape index (κ2) is 7.28. The number of carbonyl (C=O) groups excluding carboxylic acids is 1. The van der Waals surface area contributed by atoms with Crippen molar-refractivity contribution >= 4 is 5.91 Å². The Morgan fingerprint density at radius 3 is 2.69 bits per heavy atom. The van der Waals surface area contributed by atoms with E-state index >= 15 is 0 Å². The number of rotatable bonds is 5. The molecule has 5 heteroatoms. The first kappa shape index (κ1) is 16.8. The molecule has 0 bridgehead atoms. The maximum Gasteiger partial charge on any atom is 0.258 e. The van der Waals surface area contributed by atoms with Crippen LogP contribution in [0.2, 0.25) is 0 Å². The molecular formula is C21H23NO4. The summed E-state index contributed by atoms with van der Waals surface area (Å²) in [5, 5.41) is 0. The van der Waals surface area contributed by atoms with E-state index in [1.165, 1.54) is 12.8 Å². The van der Waals surface area contributed by atoms with Crippen molar-refractivity contribution in [1.29, 1.82) is 0 Å². The Kier molecular flexibility index (Phi) is 4.69. The lowest BCUT2D eigenvalue weighted by atomic mass is 10.1. The minimum Gasteiger partial charge on any atom is -0.496 e. The van der Waals surface area contributed by atoms with Gasteiger partial charge in [-0.3, -0.25) is 4.79 Å². The average Bonchev–Trinajstić information content (AvgIpc) is 3.36. The molecule has 0 radical (unpaired) electrons. The molecule has 1 fully saturated rings. The number of fused-ring (bicyclic) bond motifs is 1. The van der Waals surface area contributed by atoms with Gasteiger partial charge in [0, 0.05) is 12.6 Å². The summed E-state index contributed by atoms with van der Waals surface area (Å²) < 4.78 is 16.3. The van der Waals surface area contributed by atoms with Crippen molar-refractivity contribution in [3.05, 3.63) is 53.6 Å². The zero-order valence-corrected chi connectivity index (χ0v) is 14.9. The van der Waals surface area contributed by atoms with Gasteiger partial charge >= 0.3 is 0 Å². The topological polar surface area (TPSA) is 48.0 Å². The first-order valence-electron chi connectivity index (χ1n) is 9.09. The molecule has 1 amide bonds. The number of nitrogens with zero attached hydrogens (tertiary/aromatic N) is 1. The Hall–Kier alpha value is -2.69. The van der Waals surface area contributed by atoms with Crippen LogP contribution in [0.3, 0.4) is 0 Å². The summed E-state index contributed by atoms with van der Waals surface area (Å²) >= 11 is 0. The Balaban J connectivity index is 1.63. The molecule has 2 aromatic rings. The van der Waals surface area contributed by atoms with E-state index in [0.29, 0.717) is 17.9 Å². The third-order valence-electron chi connectivity index (χ3n) is 5.15. The SMILES string of the molecule is COc1ccccc1C(=O)N(Cc1ccc2c(c1)OCO2)C1CCCC1. The van der Waals surface area contributed by atoms with E-state index in [9.17, 15) is 4.79 Å². The van der Waals surface area contributed by atoms with Crippen molar-refractivity contribution in [3.8, 4) is 17.2 Å². The van der Waals surface area contributed by atoms with Crippen LogP contribution in [0.5, 0.6) is 17.2 Å². The zero-order chi connectivity index (χ0) is 17.9. The van der Waals surface area contributed by atoms with Crippen LogP contribution in [-0.4, -0.2) is 30.8 Å². The molecule has 0 spiro atoms. The van der Waals surface area contributed by atoms with E-state index < -0.39 is 0 Å². The molecule has 0 N–H and O–H groups in total. The zero-order valence-electron chi connectivity index (χ0n) is 14.9. The minimum atomic E-state index is 0.0204. The molecule has 136 valence electrons. The number of carbonyl (C=O) groups is 1. The molecule has 0 unspecified atom stereocenters. The molecule has 2 aromatic carbocycles. The molecule has 0 aromatic heterocycles. The highest BCUT2D eigenvalue weighted by Crippen LogP contribution is 2.34. The standard InChI is InChI=1S/C21H23NO4/c1-24-18-9-5-4-8-17(18)21(23)22(16-6-2-3-7-16)13-15-10-11-19-20(12-15)26-14-25-19/h4-5,8-12,16H,2-3,6-7,13-14H2,1H3. The summed E-state index contributed by atoms with van der Waals surface area (Å²) in [6.07, 6.45) is 4.43. The molecule has 4 rings (SSSR count). The fourth-order valence-corrected chi connectivity index (χ4v) is 3.79. The van der Waals surface area contributed by atoms with Gasteiger partial charge in [0.25, 0.3) is 5.91 Å². The molecule has 1 saturated carbocycles. The van der Waals surface area contributed by atoms with Gasteiger partial charge in [0.15, 0.2) is 11.5 Å². The maximum atomic E-state index is 13.3. The number of methoxy groups -OCH3 is 1. The van der Waals surface area contributed by atoms with E-state index in [-0.39, 0.29) is 18.7 Å². The van der Waals surface area contributed by atoms with Gasteiger partial charge in [0.2, 0.25) is 6.79 Å². The van der Waals surface area contributed by atoms with Crippen LogP contribution in [0.15, 0.2) is 42.5 Å². The molecule has 2 aliphatic rings. The highest BCUT2D eigenvalue weighted by atomic mass is 16.7. The molecule has 0 atom stereocenters. The van der Waals surface area contributed by atoms with Gasteiger partial charge in [-0.15, -0.1) is 0 Å². The van der Waals surface area contributed by atoms with Crippen LogP contribution in [0.1, 0.15) is 41.6 Å². The van der Waals surface area contributed by atoms with E-state index in [4.69, 9.17) is 14.2 Å². The third kappa shape index (κ3) is 3.21. The lowest BCUT2D eigenvalue weighted by Crippen LogP contribution is -2.38. The normalized spacial score (nSPS) is 15.9. The fraction of sp³-hybridized carbons (Fsp3) is 0.381. The molecule has 0 saturated heterocycles. The van der Waals surface area contributed by atoms with Gasteiger partial charge in [-0.25, -0.2) is 0 Å². The van der Waals surface area contributed by atoms with E-state index in [1.54, 1.807) is 7.11 Å². The number of hydrogen-bond acceptors (Lipinski definition) is 4. The van der Waals surface area contributed by atoms with Crippen LogP contribution in [0, 0.1) is 0 Å². The summed E-state index contributed by atoms with van der Waals surface area (Å²) in [6, 6.07) is 13.6. The summed E-state index contributed by atoms with van der Waals surface area (Å²) in [6.45, 7) is 0.809. The lowest BCUT2D eigenvalue weighted by Gasteiger charge is -2.30. The van der Waals surface area contributed by atoms with Gasteiger partial charge in [0.1, 0.15) is 5.75 Å². The molecule has 1 aliphatic carbocycles. The molecule has 1 heterocycles. The van der Waals surface area contributed by atoms with Crippen molar-refractivity contribution in [1.82, 2.24) is 4.90 Å². The minimum absolute atomic E-state index is 0.0204. The number of amides is 1. The Morgan fingerprint density at radius 1 is 1.12 bits per heavy atom. The summed E-state index contributed by atoms with van der Waals surface area (Å²) in [4.78, 5) is 15.3. The largest absolute Gasteiger partial charge is 0.496 e. The summed E-state index contributed by atoms with van der Waals surface area (Å²) in [7, 11) is 1.60. The quantitative estimate of drug-likeness (QED) is 0.815. The van der Waals surface area contributed by atoms with Crippen molar-refractivity contribution in [2.24, 2.45) is 0 Å². The van der Waals surface area contributed by atoms with Gasteiger partial charge in [-0.2, -0.15) is 0 Å². The first-order valence-corrected chi connectivity index (χ1v) is 9.09. The third-order valence-corrected chi connectivity index (χ3v) is 5.15. The van der Waals surface area contributed by atoms with Crippen LogP contribution in [0.25, 0.3) is 0 Å². The van der Waals surface area contributed by atoms with Crippen LogP contribution in [-0.2, 0) is 6.54 Å². The first-order chi connectivity index (χ1) is 12.8. The monoisotopic (exact) mass is 353 g/mol. The van der Waals surface area contributed by atoms with Crippen LogP contribution < -0.4 is 14.2 Å². The number of benzene rings is 2. The second-order valence-corrected chi connectivity index (χ2v) is 6.76. The number of ether oxygens (including phenoxy) is 3. The maximum absolute atomic E-state index is 13.3. The van der Waals surface area contributed by atoms with E-state index in [1.807, 2.05) is 47.4 Å². The average molecular weight is 353 g/mol. The summed E-state index contributed by atoms with van der Waals surface area (Å²) in [5.74, 6) is 2.15. The highest BCUT2D eigenvalue weighted by molar-refractivity contribution is 5.97. The van der Waals surface area contributed by atoms with Gasteiger partial charge in [-0.1, -0.05) is 31.0 Å². The lowest BCUT2D eigenvalue weighted by molar-refractivity contribution is 0.0661. The van der Waals surface area contributed by atoms with Crippen LogP contribution >= 0.6 is 0 Å². The van der Waals surface area contributed by atoms with Gasteiger partial charge in [0.05, 0.1) is 12.7 Å². The number of para-hydroxylation sites is 1. The highest BCUT2D eigenvalue weighted by Gasteiger charge is 2.29. The smallest absolute Gasteiger partial charge is 0.258 e. The van der Waals surface area contributed by atoms with Crippen molar-refractivity contribution in [3.63, 3.8) is 0 Å². The molecule has 1 aliphatic heterocycles. The van der Waals surface area contributed by atoms with Crippen molar-refractivity contribution in [2.75, 3.05) is 13.9 Å². The Labute approximate surface area is 153 Å². The Bertz CT molecular complexity index is 798. The number of hydrogen-bond donors (Lipinski definition) is 0. The van der Waals surface area contributed by atoms with Crippen LogP contribution in [0.4, 0.5) is 0 Å². The fourth-order valence-electron chi connectivity index (χ4n) is 3.79. The predicted octanol–water partition coefficient (Wildman–Crippen LogP) is 4.01. The summed E-state index contributed by atoms with van der Waals surface area (Å²) in [5.41, 5.74) is 1.66. The predicted molar refractivity (Wildman–Crippen MR) is 97.7 cm³/mol. The second-order valence-electron chi connectivity index (χ2n) is 6.76. The van der Waals surface area contributed by atoms with E-state index in [2.05, 4.69) is 0 Å². The van der Waals surface area contributed by atoms with Gasteiger partial charge in [-0.05, 0) is 42.7 Å².